The lowest BCUT2D eigenvalue weighted by atomic mass is 9.99. The quantitative estimate of drug-likeness (QED) is 0.155. The number of aryl methyl sites for hydroxylation is 1. The second-order valence-electron chi connectivity index (χ2n) is 15.1. The molecule has 0 radical (unpaired) electrons. The van der Waals surface area contributed by atoms with Gasteiger partial charge < -0.3 is 8.98 Å². The van der Waals surface area contributed by atoms with Crippen molar-refractivity contribution in [1.82, 2.24) is 19.5 Å². The minimum atomic E-state index is 0.638. The van der Waals surface area contributed by atoms with E-state index in [1.165, 1.54) is 32.6 Å². The van der Waals surface area contributed by atoms with Gasteiger partial charge in [0.25, 0.3) is 0 Å². The van der Waals surface area contributed by atoms with Crippen LogP contribution in [-0.4, -0.2) is 19.5 Å². The lowest BCUT2D eigenvalue weighted by Gasteiger charge is -2.11. The summed E-state index contributed by atoms with van der Waals surface area (Å²) < 4.78 is 8.79. The largest absolute Gasteiger partial charge is 0.456 e. The van der Waals surface area contributed by atoms with Crippen molar-refractivity contribution in [3.8, 4) is 62.1 Å². The van der Waals surface area contributed by atoms with Crippen molar-refractivity contribution in [2.75, 3.05) is 0 Å². The molecule has 59 heavy (non-hydrogen) atoms. The van der Waals surface area contributed by atoms with E-state index in [9.17, 15) is 0 Å². The standard InChI is InChI=1S/C54H38N4O/c1-2-13-36-18-12-23-49-51(36)45-30-26-41(34-50(45)59-49)40-27-31-48-46(33-40)44-21-9-10-22-47(44)58(48)43-28-24-35(25-29-43)39-19-11-20-42(32-39)54-56-52(37-14-5-3-6-15-37)55-53(57-54)38-16-7-4-8-17-38/h3-12,14-34H,2,13H2,1H3. The Morgan fingerprint density at radius 3 is 1.73 bits per heavy atom. The maximum atomic E-state index is 6.42. The summed E-state index contributed by atoms with van der Waals surface area (Å²) in [5.74, 6) is 1.94. The molecule has 11 rings (SSSR count). The third-order valence-electron chi connectivity index (χ3n) is 11.4. The summed E-state index contributed by atoms with van der Waals surface area (Å²) in [6.07, 6.45) is 2.14. The van der Waals surface area contributed by atoms with Crippen molar-refractivity contribution in [2.45, 2.75) is 19.8 Å². The summed E-state index contributed by atoms with van der Waals surface area (Å²) in [6, 6.07) is 66.1. The Morgan fingerprint density at radius 1 is 0.407 bits per heavy atom. The van der Waals surface area contributed by atoms with Gasteiger partial charge in [-0.25, -0.2) is 15.0 Å². The van der Waals surface area contributed by atoms with Crippen LogP contribution in [0.2, 0.25) is 0 Å². The number of benzene rings is 8. The van der Waals surface area contributed by atoms with Crippen molar-refractivity contribution in [1.29, 1.82) is 0 Å². The molecule has 0 fully saturated rings. The number of rotatable bonds is 8. The highest BCUT2D eigenvalue weighted by Gasteiger charge is 2.17. The average Bonchev–Trinajstić information content (AvgIpc) is 3.85. The van der Waals surface area contributed by atoms with Crippen LogP contribution in [0.25, 0.3) is 106 Å². The molecular weight excluding hydrogens is 721 g/mol. The zero-order valence-electron chi connectivity index (χ0n) is 32.5. The lowest BCUT2D eigenvalue weighted by molar-refractivity contribution is 0.668. The molecule has 0 atom stereocenters. The van der Waals surface area contributed by atoms with Gasteiger partial charge in [0, 0.05) is 43.9 Å². The molecule has 3 heterocycles. The minimum Gasteiger partial charge on any atom is -0.456 e. The number of hydrogen-bond acceptors (Lipinski definition) is 4. The molecule has 0 saturated carbocycles. The SMILES string of the molecule is CCCc1cccc2oc3cc(-c4ccc5c(c4)c4ccccc4n5-c4ccc(-c5cccc(-c6nc(-c7ccccc7)nc(-c7ccccc7)n6)c5)cc4)ccc3c12. The van der Waals surface area contributed by atoms with Gasteiger partial charge in [0.05, 0.1) is 11.0 Å². The molecule has 0 aliphatic carbocycles. The minimum absolute atomic E-state index is 0.638. The molecule has 0 unspecified atom stereocenters. The van der Waals surface area contributed by atoms with E-state index in [2.05, 4.69) is 139 Å². The predicted octanol–water partition coefficient (Wildman–Crippen LogP) is 14.2. The van der Waals surface area contributed by atoms with Crippen molar-refractivity contribution in [3.05, 3.63) is 194 Å². The maximum Gasteiger partial charge on any atom is 0.164 e. The van der Waals surface area contributed by atoms with Gasteiger partial charge in [0.1, 0.15) is 11.2 Å². The zero-order chi connectivity index (χ0) is 39.3. The summed E-state index contributed by atoms with van der Waals surface area (Å²) in [5.41, 5.74) is 14.0. The van der Waals surface area contributed by atoms with E-state index in [1.807, 2.05) is 60.7 Å². The van der Waals surface area contributed by atoms with Gasteiger partial charge in [-0.05, 0) is 88.8 Å². The van der Waals surface area contributed by atoms with Crippen molar-refractivity contribution < 1.29 is 4.42 Å². The Balaban J connectivity index is 0.949. The van der Waals surface area contributed by atoms with E-state index in [1.54, 1.807) is 0 Å². The number of furan rings is 1. The first-order chi connectivity index (χ1) is 29.2. The molecule has 0 aliphatic heterocycles. The van der Waals surface area contributed by atoms with Crippen molar-refractivity contribution in [3.63, 3.8) is 0 Å². The average molecular weight is 759 g/mol. The smallest absolute Gasteiger partial charge is 0.164 e. The Morgan fingerprint density at radius 2 is 0.983 bits per heavy atom. The van der Waals surface area contributed by atoms with E-state index < -0.39 is 0 Å². The van der Waals surface area contributed by atoms with Gasteiger partial charge in [-0.2, -0.15) is 0 Å². The maximum absolute atomic E-state index is 6.42. The first-order valence-corrected chi connectivity index (χ1v) is 20.2. The Labute approximate surface area is 341 Å². The highest BCUT2D eigenvalue weighted by Crippen LogP contribution is 2.38. The predicted molar refractivity (Wildman–Crippen MR) is 243 cm³/mol. The van der Waals surface area contributed by atoms with Crippen LogP contribution in [0, 0.1) is 0 Å². The van der Waals surface area contributed by atoms with Crippen molar-refractivity contribution >= 4 is 43.7 Å². The normalized spacial score (nSPS) is 11.6. The topological polar surface area (TPSA) is 56.7 Å². The Hall–Kier alpha value is -7.63. The Bertz CT molecular complexity index is 3270. The van der Waals surface area contributed by atoms with E-state index >= 15 is 0 Å². The summed E-state index contributed by atoms with van der Waals surface area (Å²) in [7, 11) is 0. The number of para-hydroxylation sites is 1. The van der Waals surface area contributed by atoms with Crippen LogP contribution >= 0.6 is 0 Å². The summed E-state index contributed by atoms with van der Waals surface area (Å²) in [5, 5.41) is 4.86. The third-order valence-corrected chi connectivity index (χ3v) is 11.4. The van der Waals surface area contributed by atoms with E-state index in [0.717, 1.165) is 74.2 Å². The van der Waals surface area contributed by atoms with Crippen LogP contribution in [-0.2, 0) is 6.42 Å². The highest BCUT2D eigenvalue weighted by molar-refractivity contribution is 6.11. The van der Waals surface area contributed by atoms with Gasteiger partial charge in [0.2, 0.25) is 0 Å². The monoisotopic (exact) mass is 758 g/mol. The van der Waals surface area contributed by atoms with Crippen LogP contribution < -0.4 is 0 Å². The molecule has 0 saturated heterocycles. The summed E-state index contributed by atoms with van der Waals surface area (Å²) >= 11 is 0. The van der Waals surface area contributed by atoms with Crippen LogP contribution in [0.3, 0.4) is 0 Å². The van der Waals surface area contributed by atoms with Crippen LogP contribution in [0.1, 0.15) is 18.9 Å². The molecule has 8 aromatic carbocycles. The molecule has 0 N–H and O–H groups in total. The van der Waals surface area contributed by atoms with Gasteiger partial charge in [-0.3, -0.25) is 0 Å². The van der Waals surface area contributed by atoms with Gasteiger partial charge in [0.15, 0.2) is 17.5 Å². The number of nitrogens with zero attached hydrogens (tertiary/aromatic N) is 4. The molecular formula is C54H38N4O. The van der Waals surface area contributed by atoms with Gasteiger partial charge >= 0.3 is 0 Å². The number of fused-ring (bicyclic) bond motifs is 6. The van der Waals surface area contributed by atoms with Gasteiger partial charge in [-0.1, -0.05) is 147 Å². The van der Waals surface area contributed by atoms with Crippen molar-refractivity contribution in [2.24, 2.45) is 0 Å². The summed E-state index contributed by atoms with van der Waals surface area (Å²) in [4.78, 5) is 14.8. The molecule has 0 aliphatic rings. The molecule has 280 valence electrons. The van der Waals surface area contributed by atoms with E-state index in [-0.39, 0.29) is 0 Å². The summed E-state index contributed by atoms with van der Waals surface area (Å²) in [6.45, 7) is 2.23. The molecule has 3 aromatic heterocycles. The highest BCUT2D eigenvalue weighted by atomic mass is 16.3. The fourth-order valence-corrected chi connectivity index (χ4v) is 8.57. The number of hydrogen-bond donors (Lipinski definition) is 0. The van der Waals surface area contributed by atoms with Gasteiger partial charge in [-0.15, -0.1) is 0 Å². The van der Waals surface area contributed by atoms with E-state index in [4.69, 9.17) is 19.4 Å². The molecule has 0 spiro atoms. The first-order valence-electron chi connectivity index (χ1n) is 20.2. The fraction of sp³-hybridized carbons (Fsp3) is 0.0556. The third kappa shape index (κ3) is 6.16. The van der Waals surface area contributed by atoms with Crippen LogP contribution in [0.5, 0.6) is 0 Å². The molecule has 11 aromatic rings. The van der Waals surface area contributed by atoms with Crippen LogP contribution in [0.15, 0.2) is 192 Å². The number of aromatic nitrogens is 4. The molecule has 0 amide bonds. The molecule has 5 heteroatoms. The van der Waals surface area contributed by atoms with Crippen LogP contribution in [0.4, 0.5) is 0 Å². The molecule has 5 nitrogen and oxygen atoms in total. The second kappa shape index (κ2) is 14.4. The zero-order valence-corrected chi connectivity index (χ0v) is 32.5. The Kier molecular flexibility index (Phi) is 8.44. The lowest BCUT2D eigenvalue weighted by Crippen LogP contribution is -2.00. The first kappa shape index (κ1) is 34.6. The fourth-order valence-electron chi connectivity index (χ4n) is 8.57. The second-order valence-corrected chi connectivity index (χ2v) is 15.1. The molecule has 0 bridgehead atoms. The van der Waals surface area contributed by atoms with E-state index in [0.29, 0.717) is 17.5 Å².